The first-order valence-corrected chi connectivity index (χ1v) is 18.7. The average Bonchev–Trinajstić information content (AvgIpc) is 2.97. The third-order valence-electron chi connectivity index (χ3n) is 6.90. The smallest absolute Gasteiger partial charge is 0.355 e. The van der Waals surface area contributed by atoms with E-state index in [0.29, 0.717) is 6.04 Å². The Bertz CT molecular complexity index is 1460. The van der Waals surface area contributed by atoms with E-state index >= 15 is 0 Å². The molecule has 0 bridgehead atoms. The topological polar surface area (TPSA) is 128 Å². The van der Waals surface area contributed by atoms with Crippen molar-refractivity contribution in [3.05, 3.63) is 47.8 Å². The minimum Gasteiger partial charge on any atom is -0.355 e. The van der Waals surface area contributed by atoms with Crippen molar-refractivity contribution < 1.29 is 51.5 Å². The summed E-state index contributed by atoms with van der Waals surface area (Å²) in [6, 6.07) is 5.82. The standard InChI is InChI=1S/C14H19F3N2O3S.C11H13F3N2O3S.C3H7I.ClH/c1-10(2)19-7-3-4-12(9-19)11-5-6-13(18-8-11)22-23(20,21)14(15,16)17;12-11(13,14)20(17,18)19-10-4-3-9(7-16-10)8-2-1-5-15-6-8;1-3(2)4;/h5-6,8,10,12H,3-4,7,9H2,1-2H3;3-4,7-8,15H,1-2,5-6H2;3H,1-2H3;1H/t12-;8-;;/m11../s1. The summed E-state index contributed by atoms with van der Waals surface area (Å²) in [6.07, 6.45) is 6.69. The summed E-state index contributed by atoms with van der Waals surface area (Å²) >= 11 is 2.34. The molecule has 0 radical (unpaired) electrons. The van der Waals surface area contributed by atoms with Crippen LogP contribution in [0.25, 0.3) is 0 Å². The summed E-state index contributed by atoms with van der Waals surface area (Å²) in [5.74, 6) is -0.714. The molecule has 2 aliphatic rings. The van der Waals surface area contributed by atoms with E-state index in [1.54, 1.807) is 6.07 Å². The van der Waals surface area contributed by atoms with Gasteiger partial charge in [0, 0.05) is 47.6 Å². The lowest BCUT2D eigenvalue weighted by Gasteiger charge is -2.35. The van der Waals surface area contributed by atoms with Crippen molar-refractivity contribution in [2.45, 2.75) is 86.2 Å². The Balaban J connectivity index is 0.000000427. The second kappa shape index (κ2) is 19.1. The Morgan fingerprint density at radius 2 is 1.25 bits per heavy atom. The van der Waals surface area contributed by atoms with E-state index in [0.717, 1.165) is 79.0 Å². The maximum absolute atomic E-state index is 12.3. The van der Waals surface area contributed by atoms with Crippen LogP contribution in [0.5, 0.6) is 11.8 Å². The van der Waals surface area contributed by atoms with E-state index in [2.05, 4.69) is 78.8 Å². The van der Waals surface area contributed by atoms with Gasteiger partial charge in [-0.25, -0.2) is 9.97 Å². The van der Waals surface area contributed by atoms with Gasteiger partial charge in [-0.1, -0.05) is 48.6 Å². The van der Waals surface area contributed by atoms with Gasteiger partial charge in [0.25, 0.3) is 0 Å². The Hall–Kier alpha value is -1.68. The molecule has 2 aromatic rings. The third kappa shape index (κ3) is 14.3. The Morgan fingerprint density at radius 3 is 1.60 bits per heavy atom. The van der Waals surface area contributed by atoms with Crippen LogP contribution >= 0.6 is 35.0 Å². The summed E-state index contributed by atoms with van der Waals surface area (Å²) in [5.41, 5.74) is -9.21. The van der Waals surface area contributed by atoms with Crippen LogP contribution in [0.3, 0.4) is 0 Å². The molecule has 0 aromatic carbocycles. The molecule has 0 aliphatic carbocycles. The Labute approximate surface area is 297 Å². The summed E-state index contributed by atoms with van der Waals surface area (Å²) < 4.78 is 125. The fraction of sp³-hybridized carbons (Fsp3) is 0.643. The highest BCUT2D eigenvalue weighted by molar-refractivity contribution is 14.1. The van der Waals surface area contributed by atoms with Gasteiger partial charge in [-0.2, -0.15) is 43.2 Å². The number of piperidine rings is 2. The molecule has 48 heavy (non-hydrogen) atoms. The molecule has 2 saturated heterocycles. The highest BCUT2D eigenvalue weighted by Crippen LogP contribution is 2.31. The molecule has 0 amide bonds. The van der Waals surface area contributed by atoms with Crippen molar-refractivity contribution in [3.63, 3.8) is 0 Å². The molecular weight excluding hydrogens is 829 g/mol. The first-order valence-electron chi connectivity index (χ1n) is 14.6. The first kappa shape index (κ1) is 44.3. The van der Waals surface area contributed by atoms with E-state index in [9.17, 15) is 43.2 Å². The maximum atomic E-state index is 12.3. The van der Waals surface area contributed by atoms with Gasteiger partial charge in [-0.3, -0.25) is 0 Å². The number of aromatic nitrogens is 2. The molecule has 4 heterocycles. The molecule has 2 fully saturated rings. The Kier molecular flexibility index (Phi) is 17.6. The van der Waals surface area contributed by atoms with Crippen molar-refractivity contribution in [3.8, 4) is 11.8 Å². The van der Waals surface area contributed by atoms with Gasteiger partial charge in [0.15, 0.2) is 0 Å². The number of alkyl halides is 7. The average molecular weight is 869 g/mol. The van der Waals surface area contributed by atoms with E-state index in [1.165, 1.54) is 18.5 Å². The molecule has 1 N–H and O–H groups in total. The highest BCUT2D eigenvalue weighted by atomic mass is 127. The summed E-state index contributed by atoms with van der Waals surface area (Å²) in [5, 5.41) is 3.20. The number of nitrogens with zero attached hydrogens (tertiary/aromatic N) is 3. The van der Waals surface area contributed by atoms with Gasteiger partial charge >= 0.3 is 31.3 Å². The van der Waals surface area contributed by atoms with Crippen LogP contribution in [0.4, 0.5) is 26.3 Å². The molecule has 0 unspecified atom stereocenters. The third-order valence-corrected chi connectivity index (χ3v) is 8.81. The molecule has 2 aliphatic heterocycles. The van der Waals surface area contributed by atoms with Gasteiger partial charge in [0.05, 0.1) is 0 Å². The van der Waals surface area contributed by atoms with Gasteiger partial charge in [0.1, 0.15) is 0 Å². The lowest BCUT2D eigenvalue weighted by atomic mass is 9.91. The molecular formula is C28H40ClF6IN4O6S2. The number of hydrogen-bond acceptors (Lipinski definition) is 10. The van der Waals surface area contributed by atoms with Gasteiger partial charge in [-0.15, -0.1) is 12.4 Å². The van der Waals surface area contributed by atoms with Crippen molar-refractivity contribution >= 4 is 55.2 Å². The summed E-state index contributed by atoms with van der Waals surface area (Å²) in [4.78, 5) is 9.65. The van der Waals surface area contributed by atoms with Crippen molar-refractivity contribution in [2.24, 2.45) is 0 Å². The molecule has 0 spiro atoms. The number of rotatable bonds is 7. The van der Waals surface area contributed by atoms with Gasteiger partial charge < -0.3 is 18.6 Å². The number of halogens is 8. The fourth-order valence-electron chi connectivity index (χ4n) is 4.57. The van der Waals surface area contributed by atoms with E-state index in [1.807, 2.05) is 0 Å². The maximum Gasteiger partial charge on any atom is 0.534 e. The minimum absolute atomic E-state index is 0. The van der Waals surface area contributed by atoms with Crippen LogP contribution in [0.1, 0.15) is 76.3 Å². The zero-order chi connectivity index (χ0) is 35.6. The van der Waals surface area contributed by atoms with Gasteiger partial charge in [0.2, 0.25) is 11.8 Å². The normalized spacial score (nSPS) is 19.3. The Morgan fingerprint density at radius 1 is 0.812 bits per heavy atom. The molecule has 2 aromatic heterocycles. The van der Waals surface area contributed by atoms with Crippen LogP contribution in [0.2, 0.25) is 0 Å². The highest BCUT2D eigenvalue weighted by Gasteiger charge is 2.49. The van der Waals surface area contributed by atoms with Crippen LogP contribution in [-0.2, 0) is 20.2 Å². The monoisotopic (exact) mass is 868 g/mol. The number of hydrogen-bond donors (Lipinski definition) is 1. The van der Waals surface area contributed by atoms with E-state index < -0.39 is 43.0 Å². The number of nitrogens with one attached hydrogen (secondary N) is 1. The molecule has 10 nitrogen and oxygen atoms in total. The van der Waals surface area contributed by atoms with Crippen LogP contribution in [0, 0.1) is 0 Å². The largest absolute Gasteiger partial charge is 0.534 e. The zero-order valence-corrected chi connectivity index (χ0v) is 31.2. The first-order chi connectivity index (χ1) is 21.6. The molecule has 20 heteroatoms. The quantitative estimate of drug-likeness (QED) is 0.103. The minimum atomic E-state index is -5.68. The molecule has 276 valence electrons. The lowest BCUT2D eigenvalue weighted by molar-refractivity contribution is -0.0506. The summed E-state index contributed by atoms with van der Waals surface area (Å²) in [6.45, 7) is 12.1. The van der Waals surface area contributed by atoms with Crippen LogP contribution in [0.15, 0.2) is 36.7 Å². The predicted molar refractivity (Wildman–Crippen MR) is 180 cm³/mol. The van der Waals surface area contributed by atoms with Crippen molar-refractivity contribution in [1.29, 1.82) is 0 Å². The number of pyridine rings is 2. The molecule has 0 saturated carbocycles. The van der Waals surface area contributed by atoms with Crippen molar-refractivity contribution in [2.75, 3.05) is 26.2 Å². The lowest BCUT2D eigenvalue weighted by Crippen LogP contribution is -2.39. The van der Waals surface area contributed by atoms with Gasteiger partial charge in [-0.05, 0) is 75.6 Å². The van der Waals surface area contributed by atoms with Crippen LogP contribution < -0.4 is 13.7 Å². The summed E-state index contributed by atoms with van der Waals surface area (Å²) in [7, 11) is -11.3. The SMILES string of the molecule is CC(C)I.CC(C)N1CCC[C@@H](c2ccc(OS(=O)(=O)C(F)(F)F)nc2)C1.Cl.O=S(=O)(Oc1ccc([C@@H]2CCCNC2)cn1)C(F)(F)F. The zero-order valence-electron chi connectivity index (χ0n) is 26.6. The van der Waals surface area contributed by atoms with E-state index in [-0.39, 0.29) is 24.2 Å². The van der Waals surface area contributed by atoms with Crippen LogP contribution in [-0.4, -0.2) is 78.9 Å². The van der Waals surface area contributed by atoms with Crippen molar-refractivity contribution in [1.82, 2.24) is 20.2 Å². The molecule has 2 atom stereocenters. The fourth-order valence-corrected chi connectivity index (χ4v) is 5.40. The molecule has 4 rings (SSSR count). The second-order valence-corrected chi connectivity index (χ2v) is 16.9. The predicted octanol–water partition coefficient (Wildman–Crippen LogP) is 6.93. The number of likely N-dealkylation sites (tertiary alicyclic amines) is 1. The van der Waals surface area contributed by atoms with E-state index in [4.69, 9.17) is 0 Å². The second-order valence-electron chi connectivity index (χ2n) is 11.3.